The van der Waals surface area contributed by atoms with Crippen molar-refractivity contribution in [1.29, 1.82) is 0 Å². The summed E-state index contributed by atoms with van der Waals surface area (Å²) in [5.41, 5.74) is 0. The molecule has 0 saturated heterocycles. The van der Waals surface area contributed by atoms with Crippen LogP contribution in [0, 0.1) is 11.8 Å². The molecule has 0 aromatic carbocycles. The minimum atomic E-state index is 0.144. The predicted octanol–water partition coefficient (Wildman–Crippen LogP) is 2.60. The van der Waals surface area contributed by atoms with Crippen molar-refractivity contribution < 1.29 is 9.53 Å². The van der Waals surface area contributed by atoms with Gasteiger partial charge in [0.1, 0.15) is 6.61 Å². The van der Waals surface area contributed by atoms with Crippen LogP contribution in [0.5, 0.6) is 0 Å². The highest BCUT2D eigenvalue weighted by atomic mass is 16.5. The zero-order valence-electron chi connectivity index (χ0n) is 11.2. The first-order valence-electron chi connectivity index (χ1n) is 6.39. The van der Waals surface area contributed by atoms with Gasteiger partial charge in [-0.05, 0) is 18.9 Å². The van der Waals surface area contributed by atoms with Crippen LogP contribution in [-0.2, 0) is 9.53 Å². The summed E-state index contributed by atoms with van der Waals surface area (Å²) < 4.78 is 5.29. The van der Waals surface area contributed by atoms with Gasteiger partial charge in [0.15, 0.2) is 5.78 Å². The maximum Gasteiger partial charge on any atom is 0.161 e. The van der Waals surface area contributed by atoms with E-state index in [2.05, 4.69) is 26.1 Å². The molecule has 0 heterocycles. The molecule has 1 unspecified atom stereocenters. The zero-order chi connectivity index (χ0) is 12.4. The molecule has 96 valence electrons. The van der Waals surface area contributed by atoms with Gasteiger partial charge in [-0.3, -0.25) is 10.1 Å². The largest absolute Gasteiger partial charge is 0.359 e. The molecule has 0 saturated carbocycles. The quantitative estimate of drug-likeness (QED) is 0.462. The average Bonchev–Trinajstić information content (AvgIpc) is 2.24. The van der Waals surface area contributed by atoms with Crippen molar-refractivity contribution >= 4 is 5.78 Å². The lowest BCUT2D eigenvalue weighted by atomic mass is 10.0. The standard InChI is InChI=1S/C13H27NO2/c1-5-6-7-12(4)13(15)9-16-10-14-8-11(2)3/h11-12,14H,5-10H2,1-4H3. The molecule has 0 rings (SSSR count). The molecular formula is C13H27NO2. The lowest BCUT2D eigenvalue weighted by Gasteiger charge is -2.11. The van der Waals surface area contributed by atoms with Crippen LogP contribution < -0.4 is 5.32 Å². The summed E-state index contributed by atoms with van der Waals surface area (Å²) in [6, 6.07) is 0. The van der Waals surface area contributed by atoms with Gasteiger partial charge in [0.2, 0.25) is 0 Å². The van der Waals surface area contributed by atoms with E-state index in [1.54, 1.807) is 0 Å². The summed E-state index contributed by atoms with van der Waals surface area (Å²) >= 11 is 0. The Hall–Kier alpha value is -0.410. The van der Waals surface area contributed by atoms with Crippen LogP contribution in [0.3, 0.4) is 0 Å². The van der Waals surface area contributed by atoms with E-state index in [1.165, 1.54) is 0 Å². The number of unbranched alkanes of at least 4 members (excludes halogenated alkanes) is 1. The Labute approximate surface area is 99.9 Å². The molecule has 0 aliphatic carbocycles. The van der Waals surface area contributed by atoms with Crippen molar-refractivity contribution in [1.82, 2.24) is 5.32 Å². The summed E-state index contributed by atoms with van der Waals surface area (Å²) in [5, 5.41) is 3.15. The summed E-state index contributed by atoms with van der Waals surface area (Å²) in [5.74, 6) is 0.979. The number of carbonyl (C=O) groups is 1. The molecule has 1 N–H and O–H groups in total. The topological polar surface area (TPSA) is 38.3 Å². The van der Waals surface area contributed by atoms with Gasteiger partial charge >= 0.3 is 0 Å². The van der Waals surface area contributed by atoms with Gasteiger partial charge in [0, 0.05) is 5.92 Å². The molecule has 0 fully saturated rings. The third kappa shape index (κ3) is 8.86. The van der Waals surface area contributed by atoms with E-state index >= 15 is 0 Å². The van der Waals surface area contributed by atoms with Gasteiger partial charge in [-0.25, -0.2) is 0 Å². The van der Waals surface area contributed by atoms with Crippen LogP contribution in [0.25, 0.3) is 0 Å². The first kappa shape index (κ1) is 15.6. The lowest BCUT2D eigenvalue weighted by molar-refractivity contribution is -0.127. The Balaban J connectivity index is 3.42. The minimum absolute atomic E-state index is 0.144. The Morgan fingerprint density at radius 1 is 1.31 bits per heavy atom. The zero-order valence-corrected chi connectivity index (χ0v) is 11.2. The van der Waals surface area contributed by atoms with E-state index in [4.69, 9.17) is 4.74 Å². The molecule has 0 radical (unpaired) electrons. The number of Topliss-reactive ketones (excluding diaryl/α,β-unsaturated/α-hetero) is 1. The molecule has 3 heteroatoms. The van der Waals surface area contributed by atoms with Gasteiger partial charge in [0.05, 0.1) is 6.73 Å². The first-order chi connectivity index (χ1) is 7.57. The number of hydrogen-bond acceptors (Lipinski definition) is 3. The molecule has 0 aromatic rings. The van der Waals surface area contributed by atoms with Crippen LogP contribution in [-0.4, -0.2) is 25.7 Å². The molecule has 0 aliphatic heterocycles. The molecule has 0 bridgehead atoms. The number of nitrogens with one attached hydrogen (secondary N) is 1. The Morgan fingerprint density at radius 2 is 2.00 bits per heavy atom. The minimum Gasteiger partial charge on any atom is -0.359 e. The van der Waals surface area contributed by atoms with Crippen molar-refractivity contribution in [3.05, 3.63) is 0 Å². The van der Waals surface area contributed by atoms with Crippen LogP contribution in [0.4, 0.5) is 0 Å². The van der Waals surface area contributed by atoms with Crippen molar-refractivity contribution in [2.45, 2.75) is 47.0 Å². The maximum atomic E-state index is 11.6. The van der Waals surface area contributed by atoms with Gasteiger partial charge in [-0.2, -0.15) is 0 Å². The van der Waals surface area contributed by atoms with E-state index in [0.29, 0.717) is 12.6 Å². The van der Waals surface area contributed by atoms with Crippen molar-refractivity contribution in [3.63, 3.8) is 0 Å². The monoisotopic (exact) mass is 229 g/mol. The van der Waals surface area contributed by atoms with Crippen LogP contribution in [0.15, 0.2) is 0 Å². The molecule has 0 aliphatic rings. The van der Waals surface area contributed by atoms with Crippen molar-refractivity contribution in [2.24, 2.45) is 11.8 Å². The van der Waals surface area contributed by atoms with Crippen LogP contribution >= 0.6 is 0 Å². The summed E-state index contributed by atoms with van der Waals surface area (Å²) in [6.07, 6.45) is 3.26. The van der Waals surface area contributed by atoms with E-state index in [1.807, 2.05) is 6.92 Å². The van der Waals surface area contributed by atoms with Crippen molar-refractivity contribution in [3.8, 4) is 0 Å². The highest BCUT2D eigenvalue weighted by molar-refractivity contribution is 5.81. The highest BCUT2D eigenvalue weighted by Gasteiger charge is 2.11. The normalized spacial score (nSPS) is 13.1. The second-order valence-electron chi connectivity index (χ2n) is 4.85. The molecule has 0 spiro atoms. The van der Waals surface area contributed by atoms with Gasteiger partial charge in [0.25, 0.3) is 0 Å². The van der Waals surface area contributed by atoms with E-state index in [9.17, 15) is 4.79 Å². The fourth-order valence-electron chi connectivity index (χ4n) is 1.38. The average molecular weight is 229 g/mol. The van der Waals surface area contributed by atoms with Gasteiger partial charge in [-0.1, -0.05) is 40.5 Å². The SMILES string of the molecule is CCCCC(C)C(=O)COCNCC(C)C. The Morgan fingerprint density at radius 3 is 2.56 bits per heavy atom. The Bertz CT molecular complexity index is 181. The van der Waals surface area contributed by atoms with Crippen LogP contribution in [0.2, 0.25) is 0 Å². The van der Waals surface area contributed by atoms with Gasteiger partial charge in [-0.15, -0.1) is 0 Å². The number of rotatable bonds is 10. The third-order valence-electron chi connectivity index (χ3n) is 2.54. The summed E-state index contributed by atoms with van der Waals surface area (Å²) in [7, 11) is 0. The fraction of sp³-hybridized carbons (Fsp3) is 0.923. The molecule has 16 heavy (non-hydrogen) atoms. The highest BCUT2D eigenvalue weighted by Crippen LogP contribution is 2.08. The second-order valence-corrected chi connectivity index (χ2v) is 4.85. The lowest BCUT2D eigenvalue weighted by Crippen LogP contribution is -2.26. The van der Waals surface area contributed by atoms with Crippen LogP contribution in [0.1, 0.15) is 47.0 Å². The molecule has 0 aromatic heterocycles. The van der Waals surface area contributed by atoms with E-state index in [-0.39, 0.29) is 18.3 Å². The Kier molecular flexibility index (Phi) is 9.54. The third-order valence-corrected chi connectivity index (χ3v) is 2.54. The number of hydrogen-bond donors (Lipinski definition) is 1. The first-order valence-corrected chi connectivity index (χ1v) is 6.39. The molecule has 0 amide bonds. The smallest absolute Gasteiger partial charge is 0.161 e. The number of ketones is 1. The molecular weight excluding hydrogens is 202 g/mol. The second kappa shape index (κ2) is 9.79. The fourth-order valence-corrected chi connectivity index (χ4v) is 1.38. The number of ether oxygens (including phenoxy) is 1. The van der Waals surface area contributed by atoms with E-state index in [0.717, 1.165) is 25.8 Å². The predicted molar refractivity (Wildman–Crippen MR) is 67.4 cm³/mol. The number of carbonyl (C=O) groups excluding carboxylic acids is 1. The van der Waals surface area contributed by atoms with Gasteiger partial charge < -0.3 is 4.74 Å². The molecule has 3 nitrogen and oxygen atoms in total. The van der Waals surface area contributed by atoms with E-state index < -0.39 is 0 Å². The summed E-state index contributed by atoms with van der Waals surface area (Å²) in [4.78, 5) is 11.6. The van der Waals surface area contributed by atoms with Crippen molar-refractivity contribution in [2.75, 3.05) is 19.9 Å². The summed E-state index contributed by atoms with van der Waals surface area (Å²) in [6.45, 7) is 10.1. The molecule has 1 atom stereocenters. The maximum absolute atomic E-state index is 11.6.